The molecule has 0 amide bonds. The summed E-state index contributed by atoms with van der Waals surface area (Å²) in [4.78, 5) is 21.1. The van der Waals surface area contributed by atoms with Crippen LogP contribution >= 0.6 is 7.60 Å². The fraction of sp³-hybridized carbons (Fsp3) is 0.909. The second-order valence-electron chi connectivity index (χ2n) is 5.70. The van der Waals surface area contributed by atoms with E-state index in [1.165, 1.54) is 13.8 Å². The van der Waals surface area contributed by atoms with Crippen LogP contribution in [0.25, 0.3) is 0 Å². The monoisotopic (exact) mass is 282 g/mol. The van der Waals surface area contributed by atoms with Crippen LogP contribution in [0.3, 0.4) is 0 Å². The van der Waals surface area contributed by atoms with E-state index in [0.717, 1.165) is 0 Å². The molecule has 1 unspecified atom stereocenters. The topological polar surface area (TPSA) is 82.1 Å². The van der Waals surface area contributed by atoms with Crippen LogP contribution in [0.15, 0.2) is 0 Å². The normalized spacial score (nSPS) is 16.3. The first-order valence-corrected chi connectivity index (χ1v) is 7.28. The minimum atomic E-state index is -3.92. The molecule has 108 valence electrons. The Bertz CT molecular complexity index is 342. The van der Waals surface area contributed by atoms with Crippen molar-refractivity contribution < 1.29 is 28.3 Å². The third-order valence-corrected chi connectivity index (χ3v) is 4.23. The maximum Gasteiger partial charge on any atom is 0.511 e. The Morgan fingerprint density at radius 2 is 1.61 bits per heavy atom. The summed E-state index contributed by atoms with van der Waals surface area (Å²) in [6.07, 6.45) is -1.28. The van der Waals surface area contributed by atoms with Crippen molar-refractivity contribution in [2.24, 2.45) is 0 Å². The Kier molecular flexibility index (Phi) is 5.41. The van der Waals surface area contributed by atoms with Gasteiger partial charge in [0.15, 0.2) is 0 Å². The largest absolute Gasteiger partial charge is 0.511 e. The van der Waals surface area contributed by atoms with Crippen LogP contribution in [0, 0.1) is 0 Å². The molecule has 0 aliphatic carbocycles. The minimum Gasteiger partial charge on any atom is -0.432 e. The first-order valence-electron chi connectivity index (χ1n) is 5.70. The van der Waals surface area contributed by atoms with Gasteiger partial charge in [0.2, 0.25) is 5.79 Å². The zero-order chi connectivity index (χ0) is 14.8. The molecule has 0 spiro atoms. The summed E-state index contributed by atoms with van der Waals surface area (Å²) in [6.45, 7) is 10.8. The van der Waals surface area contributed by atoms with Gasteiger partial charge in [0.25, 0.3) is 0 Å². The summed E-state index contributed by atoms with van der Waals surface area (Å²) in [6, 6.07) is 0. The highest BCUT2D eigenvalue weighted by atomic mass is 31.2. The summed E-state index contributed by atoms with van der Waals surface area (Å²) in [5, 5.41) is -0.963. The van der Waals surface area contributed by atoms with Crippen molar-refractivity contribution in [3.05, 3.63) is 0 Å². The SMILES string of the molecule is CC(C)OC(=O)OC(C)(C)OP(=O)(O)C(C)(C)C. The average Bonchev–Trinajstić information content (AvgIpc) is 1.94. The predicted molar refractivity (Wildman–Crippen MR) is 67.4 cm³/mol. The summed E-state index contributed by atoms with van der Waals surface area (Å²) in [5.41, 5.74) is 0. The molecule has 0 aliphatic heterocycles. The van der Waals surface area contributed by atoms with E-state index in [1.807, 2.05) is 0 Å². The van der Waals surface area contributed by atoms with Gasteiger partial charge in [-0.2, -0.15) is 0 Å². The molecule has 0 bridgehead atoms. The summed E-state index contributed by atoms with van der Waals surface area (Å²) < 4.78 is 26.6. The highest BCUT2D eigenvalue weighted by Crippen LogP contribution is 2.57. The van der Waals surface area contributed by atoms with Crippen molar-refractivity contribution in [1.82, 2.24) is 0 Å². The maximum atomic E-state index is 12.0. The third-order valence-electron chi connectivity index (χ3n) is 1.85. The van der Waals surface area contributed by atoms with Crippen LogP contribution in [-0.2, 0) is 18.6 Å². The molecule has 0 aromatic heterocycles. The molecule has 6 nitrogen and oxygen atoms in total. The van der Waals surface area contributed by atoms with E-state index >= 15 is 0 Å². The second-order valence-corrected chi connectivity index (χ2v) is 8.27. The Balaban J connectivity index is 4.67. The molecule has 0 heterocycles. The van der Waals surface area contributed by atoms with Gasteiger partial charge >= 0.3 is 13.8 Å². The highest BCUT2D eigenvalue weighted by molar-refractivity contribution is 7.54. The lowest BCUT2D eigenvalue weighted by Crippen LogP contribution is -2.34. The van der Waals surface area contributed by atoms with Gasteiger partial charge in [-0.25, -0.2) is 4.79 Å². The molecule has 1 atom stereocenters. The highest BCUT2D eigenvalue weighted by Gasteiger charge is 2.43. The summed E-state index contributed by atoms with van der Waals surface area (Å²) in [5.74, 6) is -1.54. The number of ether oxygens (including phenoxy) is 2. The van der Waals surface area contributed by atoms with Crippen LogP contribution < -0.4 is 0 Å². The van der Waals surface area contributed by atoms with E-state index in [4.69, 9.17) is 14.0 Å². The molecule has 0 radical (unpaired) electrons. The lowest BCUT2D eigenvalue weighted by Gasteiger charge is -2.32. The molecule has 18 heavy (non-hydrogen) atoms. The average molecular weight is 282 g/mol. The molecule has 0 saturated carbocycles. The quantitative estimate of drug-likeness (QED) is 0.484. The van der Waals surface area contributed by atoms with E-state index in [9.17, 15) is 14.3 Å². The smallest absolute Gasteiger partial charge is 0.432 e. The fourth-order valence-electron chi connectivity index (χ4n) is 0.871. The van der Waals surface area contributed by atoms with Crippen LogP contribution in [0.4, 0.5) is 4.79 Å². The van der Waals surface area contributed by atoms with Crippen LogP contribution in [0.5, 0.6) is 0 Å². The number of carbonyl (C=O) groups is 1. The molecular weight excluding hydrogens is 259 g/mol. The van der Waals surface area contributed by atoms with E-state index in [1.54, 1.807) is 34.6 Å². The zero-order valence-corrected chi connectivity index (χ0v) is 12.9. The molecule has 1 N–H and O–H groups in total. The fourth-order valence-corrected chi connectivity index (χ4v) is 1.78. The molecular formula is C11H23O6P. The third kappa shape index (κ3) is 5.85. The van der Waals surface area contributed by atoms with E-state index < -0.39 is 24.7 Å². The van der Waals surface area contributed by atoms with Crippen LogP contribution in [0.2, 0.25) is 0 Å². The summed E-state index contributed by atoms with van der Waals surface area (Å²) >= 11 is 0. The van der Waals surface area contributed by atoms with Crippen LogP contribution in [0.1, 0.15) is 48.5 Å². The maximum absolute atomic E-state index is 12.0. The van der Waals surface area contributed by atoms with Gasteiger partial charge in [-0.1, -0.05) is 0 Å². The second kappa shape index (κ2) is 5.59. The Morgan fingerprint density at radius 3 is 1.94 bits per heavy atom. The van der Waals surface area contributed by atoms with Crippen molar-refractivity contribution in [3.63, 3.8) is 0 Å². The van der Waals surface area contributed by atoms with Gasteiger partial charge in [0, 0.05) is 13.8 Å². The van der Waals surface area contributed by atoms with Gasteiger partial charge in [0.05, 0.1) is 11.3 Å². The first kappa shape index (κ1) is 17.4. The zero-order valence-electron chi connectivity index (χ0n) is 12.0. The molecule has 7 heteroatoms. The molecule has 0 saturated heterocycles. The Labute approximate surface area is 108 Å². The van der Waals surface area contributed by atoms with Gasteiger partial charge in [-0.15, -0.1) is 0 Å². The number of rotatable bonds is 4. The van der Waals surface area contributed by atoms with Crippen molar-refractivity contribution >= 4 is 13.8 Å². The Hall–Kier alpha value is -0.580. The van der Waals surface area contributed by atoms with Crippen molar-refractivity contribution in [2.75, 3.05) is 0 Å². The van der Waals surface area contributed by atoms with Gasteiger partial charge in [0.1, 0.15) is 0 Å². The number of hydrogen-bond acceptors (Lipinski definition) is 5. The van der Waals surface area contributed by atoms with Crippen molar-refractivity contribution in [3.8, 4) is 0 Å². The molecule has 0 fully saturated rings. The minimum absolute atomic E-state index is 0.336. The summed E-state index contributed by atoms with van der Waals surface area (Å²) in [7, 11) is -3.92. The van der Waals surface area contributed by atoms with Crippen molar-refractivity contribution in [2.45, 2.75) is 65.5 Å². The van der Waals surface area contributed by atoms with Crippen LogP contribution in [-0.4, -0.2) is 28.1 Å². The lowest BCUT2D eigenvalue weighted by molar-refractivity contribution is -0.139. The predicted octanol–water partition coefficient (Wildman–Crippen LogP) is 3.28. The first-order chi connectivity index (χ1) is 7.77. The standard InChI is InChI=1S/C11H23O6P/c1-8(2)15-9(12)16-11(6,7)17-18(13,14)10(3,4)5/h8H,1-7H3,(H,13,14). The molecule has 0 aliphatic rings. The van der Waals surface area contributed by atoms with Gasteiger partial charge in [-0.05, 0) is 34.6 Å². The number of hydrogen-bond donors (Lipinski definition) is 1. The lowest BCUT2D eigenvalue weighted by atomic mass is 10.3. The van der Waals surface area contributed by atoms with Gasteiger partial charge < -0.3 is 14.4 Å². The Morgan fingerprint density at radius 1 is 1.17 bits per heavy atom. The van der Waals surface area contributed by atoms with Gasteiger partial charge in [-0.3, -0.25) is 9.09 Å². The molecule has 0 aromatic rings. The molecule has 0 rings (SSSR count). The number of carbonyl (C=O) groups excluding carboxylic acids is 1. The van der Waals surface area contributed by atoms with E-state index in [2.05, 4.69) is 0 Å². The molecule has 0 aromatic carbocycles. The van der Waals surface area contributed by atoms with E-state index in [-0.39, 0.29) is 6.10 Å². The van der Waals surface area contributed by atoms with Crippen molar-refractivity contribution in [1.29, 1.82) is 0 Å². The van der Waals surface area contributed by atoms with E-state index in [0.29, 0.717) is 0 Å².